The minimum atomic E-state index is -4.26. The van der Waals surface area contributed by atoms with E-state index in [1.54, 1.807) is 24.0 Å². The van der Waals surface area contributed by atoms with Crippen molar-refractivity contribution < 1.29 is 17.9 Å². The minimum Gasteiger partial charge on any atom is -0.351 e. The van der Waals surface area contributed by atoms with Crippen LogP contribution >= 0.6 is 0 Å². The fourth-order valence-corrected chi connectivity index (χ4v) is 1.15. The SMILES string of the molecule is CNCc1ccn(COCC(F)(F)F)c1. The molecule has 0 radical (unpaired) electrons. The van der Waals surface area contributed by atoms with Gasteiger partial charge in [0.25, 0.3) is 0 Å². The van der Waals surface area contributed by atoms with Gasteiger partial charge in [-0.15, -0.1) is 0 Å². The van der Waals surface area contributed by atoms with Crippen molar-refractivity contribution in [1.29, 1.82) is 0 Å². The normalized spacial score (nSPS) is 12.0. The third-order valence-corrected chi connectivity index (χ3v) is 1.70. The van der Waals surface area contributed by atoms with Crippen LogP contribution in [0.1, 0.15) is 5.56 Å². The highest BCUT2D eigenvalue weighted by molar-refractivity contribution is 5.09. The zero-order valence-corrected chi connectivity index (χ0v) is 8.34. The molecule has 3 nitrogen and oxygen atoms in total. The number of nitrogens with one attached hydrogen (secondary N) is 1. The van der Waals surface area contributed by atoms with Crippen LogP contribution in [-0.4, -0.2) is 24.4 Å². The summed E-state index contributed by atoms with van der Waals surface area (Å²) >= 11 is 0. The lowest BCUT2D eigenvalue weighted by Gasteiger charge is -2.07. The van der Waals surface area contributed by atoms with Crippen molar-refractivity contribution in [3.05, 3.63) is 24.0 Å². The van der Waals surface area contributed by atoms with E-state index in [0.29, 0.717) is 6.54 Å². The molecule has 0 aromatic carbocycles. The summed E-state index contributed by atoms with van der Waals surface area (Å²) < 4.78 is 41.3. The van der Waals surface area contributed by atoms with E-state index in [1.807, 2.05) is 6.07 Å². The summed E-state index contributed by atoms with van der Waals surface area (Å²) in [5.74, 6) is 0. The minimum absolute atomic E-state index is 0.0801. The predicted molar refractivity (Wildman–Crippen MR) is 49.2 cm³/mol. The topological polar surface area (TPSA) is 26.2 Å². The van der Waals surface area contributed by atoms with Gasteiger partial charge < -0.3 is 14.6 Å². The number of hydrogen-bond donors (Lipinski definition) is 1. The van der Waals surface area contributed by atoms with Gasteiger partial charge in [-0.25, -0.2) is 0 Å². The van der Waals surface area contributed by atoms with Crippen LogP contribution in [0.25, 0.3) is 0 Å². The van der Waals surface area contributed by atoms with Gasteiger partial charge in [-0.2, -0.15) is 13.2 Å². The van der Waals surface area contributed by atoms with E-state index in [1.165, 1.54) is 0 Å². The fraction of sp³-hybridized carbons (Fsp3) is 0.556. The fourth-order valence-electron chi connectivity index (χ4n) is 1.15. The quantitative estimate of drug-likeness (QED) is 0.821. The molecule has 0 fully saturated rings. The third kappa shape index (κ3) is 4.85. The molecule has 1 rings (SSSR count). The Balaban J connectivity index is 2.31. The molecule has 0 aliphatic rings. The number of nitrogens with zero attached hydrogens (tertiary/aromatic N) is 1. The summed E-state index contributed by atoms with van der Waals surface area (Å²) in [7, 11) is 1.80. The Morgan fingerprint density at radius 3 is 2.80 bits per heavy atom. The van der Waals surface area contributed by atoms with Crippen LogP contribution in [0.5, 0.6) is 0 Å². The Morgan fingerprint density at radius 2 is 2.20 bits per heavy atom. The van der Waals surface area contributed by atoms with E-state index in [-0.39, 0.29) is 6.73 Å². The molecule has 1 heterocycles. The van der Waals surface area contributed by atoms with E-state index in [4.69, 9.17) is 0 Å². The molecule has 0 aliphatic carbocycles. The van der Waals surface area contributed by atoms with Crippen molar-refractivity contribution in [3.8, 4) is 0 Å². The third-order valence-electron chi connectivity index (χ3n) is 1.70. The van der Waals surface area contributed by atoms with E-state index < -0.39 is 12.8 Å². The van der Waals surface area contributed by atoms with Crippen molar-refractivity contribution in [1.82, 2.24) is 9.88 Å². The molecule has 1 aromatic rings. The molecular weight excluding hydrogens is 209 g/mol. The second-order valence-corrected chi connectivity index (χ2v) is 3.16. The summed E-state index contributed by atoms with van der Waals surface area (Å²) in [6.07, 6.45) is -0.836. The first kappa shape index (κ1) is 12.1. The maximum atomic E-state index is 11.7. The van der Waals surface area contributed by atoms with Gasteiger partial charge in [0.1, 0.15) is 13.3 Å². The molecule has 15 heavy (non-hydrogen) atoms. The number of alkyl halides is 3. The number of hydrogen-bond acceptors (Lipinski definition) is 2. The van der Waals surface area contributed by atoms with Crippen LogP contribution < -0.4 is 5.32 Å². The first-order chi connectivity index (χ1) is 7.01. The number of ether oxygens (including phenoxy) is 1. The van der Waals surface area contributed by atoms with Crippen LogP contribution in [0, 0.1) is 0 Å². The van der Waals surface area contributed by atoms with Crippen LogP contribution in [0.4, 0.5) is 13.2 Å². The maximum Gasteiger partial charge on any atom is 0.411 e. The first-order valence-corrected chi connectivity index (χ1v) is 4.45. The molecule has 0 bridgehead atoms. The Labute approximate surface area is 85.8 Å². The zero-order valence-electron chi connectivity index (χ0n) is 8.34. The molecule has 0 atom stereocenters. The van der Waals surface area contributed by atoms with Gasteiger partial charge in [0.15, 0.2) is 0 Å². The largest absolute Gasteiger partial charge is 0.411 e. The number of halogens is 3. The summed E-state index contributed by atoms with van der Waals surface area (Å²) in [5.41, 5.74) is 1.01. The molecule has 1 aromatic heterocycles. The van der Waals surface area contributed by atoms with Crippen LogP contribution in [0.15, 0.2) is 18.5 Å². The standard InChI is InChI=1S/C9H13F3N2O/c1-13-4-8-2-3-14(5-8)7-15-6-9(10,11)12/h2-3,5,13H,4,6-7H2,1H3. The highest BCUT2D eigenvalue weighted by Gasteiger charge is 2.27. The molecule has 0 unspecified atom stereocenters. The van der Waals surface area contributed by atoms with Crippen molar-refractivity contribution in [3.63, 3.8) is 0 Å². The Bertz CT molecular complexity index is 296. The Hall–Kier alpha value is -1.01. The van der Waals surface area contributed by atoms with Crippen LogP contribution in [0.3, 0.4) is 0 Å². The predicted octanol–water partition coefficient (Wildman–Crippen LogP) is 1.74. The van der Waals surface area contributed by atoms with Crippen LogP contribution in [0.2, 0.25) is 0 Å². The lowest BCUT2D eigenvalue weighted by atomic mass is 10.3. The van der Waals surface area contributed by atoms with Crippen LogP contribution in [-0.2, 0) is 18.0 Å². The second-order valence-electron chi connectivity index (χ2n) is 3.16. The van der Waals surface area contributed by atoms with Gasteiger partial charge in [0.05, 0.1) is 0 Å². The van der Waals surface area contributed by atoms with Gasteiger partial charge in [-0.05, 0) is 18.7 Å². The van der Waals surface area contributed by atoms with Crippen molar-refractivity contribution >= 4 is 0 Å². The number of aromatic nitrogens is 1. The monoisotopic (exact) mass is 222 g/mol. The highest BCUT2D eigenvalue weighted by atomic mass is 19.4. The smallest absolute Gasteiger partial charge is 0.351 e. The van der Waals surface area contributed by atoms with Crippen molar-refractivity contribution in [2.45, 2.75) is 19.5 Å². The Kier molecular flexibility index (Phi) is 4.16. The van der Waals surface area contributed by atoms with Gasteiger partial charge in [-0.3, -0.25) is 0 Å². The number of rotatable bonds is 5. The molecule has 1 N–H and O–H groups in total. The van der Waals surface area contributed by atoms with Gasteiger partial charge in [0, 0.05) is 18.9 Å². The zero-order chi connectivity index (χ0) is 11.3. The average Bonchev–Trinajstić information content (AvgIpc) is 2.51. The van der Waals surface area contributed by atoms with Gasteiger partial charge in [-0.1, -0.05) is 0 Å². The summed E-state index contributed by atoms with van der Waals surface area (Å²) in [5, 5.41) is 2.94. The summed E-state index contributed by atoms with van der Waals surface area (Å²) in [6.45, 7) is -0.609. The lowest BCUT2D eigenvalue weighted by Crippen LogP contribution is -2.18. The summed E-state index contributed by atoms with van der Waals surface area (Å²) in [4.78, 5) is 0. The Morgan fingerprint density at radius 1 is 1.47 bits per heavy atom. The van der Waals surface area contributed by atoms with Gasteiger partial charge in [0.2, 0.25) is 0 Å². The van der Waals surface area contributed by atoms with Crippen molar-refractivity contribution in [2.24, 2.45) is 0 Å². The van der Waals surface area contributed by atoms with Crippen molar-refractivity contribution in [2.75, 3.05) is 13.7 Å². The van der Waals surface area contributed by atoms with E-state index in [0.717, 1.165) is 5.56 Å². The average molecular weight is 222 g/mol. The molecule has 0 saturated heterocycles. The maximum absolute atomic E-state index is 11.7. The lowest BCUT2D eigenvalue weighted by molar-refractivity contribution is -0.181. The molecule has 86 valence electrons. The molecule has 0 spiro atoms. The molecular formula is C9H13F3N2O. The van der Waals surface area contributed by atoms with E-state index in [2.05, 4.69) is 10.1 Å². The van der Waals surface area contributed by atoms with E-state index >= 15 is 0 Å². The molecule has 0 aliphatic heterocycles. The van der Waals surface area contributed by atoms with E-state index in [9.17, 15) is 13.2 Å². The van der Waals surface area contributed by atoms with Gasteiger partial charge >= 0.3 is 6.18 Å². The molecule has 0 saturated carbocycles. The second kappa shape index (κ2) is 5.18. The first-order valence-electron chi connectivity index (χ1n) is 4.45. The summed E-state index contributed by atoms with van der Waals surface area (Å²) in [6, 6.07) is 1.83. The highest BCUT2D eigenvalue weighted by Crippen LogP contribution is 2.14. The molecule has 0 amide bonds. The molecule has 6 heteroatoms.